The molecule has 8 heteroatoms. The van der Waals surface area contributed by atoms with Gasteiger partial charge in [-0.1, -0.05) is 36.5 Å². The third kappa shape index (κ3) is 4.70. The van der Waals surface area contributed by atoms with Crippen LogP contribution >= 0.6 is 23.2 Å². The summed E-state index contributed by atoms with van der Waals surface area (Å²) >= 11 is 12.1. The van der Waals surface area contributed by atoms with Crippen LogP contribution < -0.4 is 15.0 Å². The molecular weight excluding hydrogens is 389 g/mol. The van der Waals surface area contributed by atoms with Crippen LogP contribution in [0.3, 0.4) is 0 Å². The largest absolute Gasteiger partial charge is 0.480 e. The van der Waals surface area contributed by atoms with Crippen LogP contribution in [-0.4, -0.2) is 36.5 Å². The van der Waals surface area contributed by atoms with Crippen LogP contribution in [0.5, 0.6) is 5.75 Å². The Morgan fingerprint density at radius 2 is 1.96 bits per heavy atom. The topological polar surface area (TPSA) is 71.5 Å². The molecule has 0 radical (unpaired) electrons. The van der Waals surface area contributed by atoms with Gasteiger partial charge < -0.3 is 10.1 Å². The van der Waals surface area contributed by atoms with E-state index in [4.69, 9.17) is 27.9 Å². The van der Waals surface area contributed by atoms with Crippen molar-refractivity contribution >= 4 is 40.8 Å². The second-order valence-electron chi connectivity index (χ2n) is 6.18. The first-order chi connectivity index (χ1) is 13.0. The van der Waals surface area contributed by atoms with Crippen molar-refractivity contribution in [3.63, 3.8) is 0 Å². The number of fused-ring (bicyclic) bond motifs is 1. The number of nitrogens with one attached hydrogen (secondary N) is 1. The summed E-state index contributed by atoms with van der Waals surface area (Å²) in [6.07, 6.45) is 3.48. The summed E-state index contributed by atoms with van der Waals surface area (Å²) in [5.74, 6) is 0.231. The lowest BCUT2D eigenvalue weighted by Crippen LogP contribution is -2.45. The molecule has 0 saturated carbocycles. The summed E-state index contributed by atoms with van der Waals surface area (Å²) in [6, 6.07) is 6.94. The number of carbonyl (C=O) groups excluding carboxylic acids is 2. The standard InChI is InChI=1S/C19H19Cl2N3O3/c1-2-3-4-22-17(25)10-24-18(26)11-27-16-7-13(9-23-19(16)24)12-5-14(20)8-15(21)6-12/h5-9H,2-4,10-11H2,1H3,(H,22,25). The SMILES string of the molecule is CCCCNC(=O)CN1C(=O)COc2cc(-c3cc(Cl)cc(Cl)c3)cnc21. The molecule has 1 aliphatic heterocycles. The Balaban J connectivity index is 1.83. The second kappa shape index (κ2) is 8.59. The van der Waals surface area contributed by atoms with Gasteiger partial charge in [0.1, 0.15) is 6.54 Å². The normalized spacial score (nSPS) is 13.1. The number of aromatic nitrogens is 1. The molecule has 2 amide bonds. The minimum atomic E-state index is -0.306. The number of anilines is 1. The van der Waals surface area contributed by atoms with E-state index in [1.165, 1.54) is 4.90 Å². The lowest BCUT2D eigenvalue weighted by atomic mass is 10.1. The lowest BCUT2D eigenvalue weighted by molar-refractivity contribution is -0.125. The molecular formula is C19H19Cl2N3O3. The number of halogens is 2. The molecule has 0 spiro atoms. The summed E-state index contributed by atoms with van der Waals surface area (Å²) in [5, 5.41) is 3.82. The van der Waals surface area contributed by atoms with Gasteiger partial charge in [0.25, 0.3) is 5.91 Å². The van der Waals surface area contributed by atoms with Crippen LogP contribution in [0.1, 0.15) is 19.8 Å². The van der Waals surface area contributed by atoms with Gasteiger partial charge in [0, 0.05) is 28.4 Å². The van der Waals surface area contributed by atoms with Crippen molar-refractivity contribution in [3.8, 4) is 16.9 Å². The van der Waals surface area contributed by atoms with Gasteiger partial charge in [-0.3, -0.25) is 14.5 Å². The Kier molecular flexibility index (Phi) is 6.19. The molecule has 0 fully saturated rings. The number of carbonyl (C=O) groups is 2. The number of unbranched alkanes of at least 4 members (excludes halogenated alkanes) is 1. The van der Waals surface area contributed by atoms with Crippen molar-refractivity contribution < 1.29 is 14.3 Å². The van der Waals surface area contributed by atoms with Gasteiger partial charge in [-0.25, -0.2) is 4.98 Å². The molecule has 3 rings (SSSR count). The van der Waals surface area contributed by atoms with Crippen LogP contribution in [0.15, 0.2) is 30.5 Å². The van der Waals surface area contributed by atoms with Crippen LogP contribution in [-0.2, 0) is 9.59 Å². The third-order valence-corrected chi connectivity index (χ3v) is 4.53. The number of pyridine rings is 1. The zero-order valence-corrected chi connectivity index (χ0v) is 16.3. The van der Waals surface area contributed by atoms with Gasteiger partial charge in [0.05, 0.1) is 0 Å². The summed E-state index contributed by atoms with van der Waals surface area (Å²) in [5.41, 5.74) is 1.53. The first kappa shape index (κ1) is 19.5. The highest BCUT2D eigenvalue weighted by atomic mass is 35.5. The summed E-state index contributed by atoms with van der Waals surface area (Å²) in [4.78, 5) is 30.0. The van der Waals surface area contributed by atoms with Gasteiger partial charge in [-0.05, 0) is 36.2 Å². The zero-order valence-electron chi connectivity index (χ0n) is 14.8. The highest BCUT2D eigenvalue weighted by Gasteiger charge is 2.29. The van der Waals surface area contributed by atoms with Gasteiger partial charge in [0.2, 0.25) is 5.91 Å². The highest BCUT2D eigenvalue weighted by Crippen LogP contribution is 2.35. The monoisotopic (exact) mass is 407 g/mol. The maximum absolute atomic E-state index is 12.2. The van der Waals surface area contributed by atoms with Gasteiger partial charge in [0.15, 0.2) is 18.2 Å². The first-order valence-electron chi connectivity index (χ1n) is 8.64. The molecule has 0 unspecified atom stereocenters. The number of rotatable bonds is 6. The van der Waals surface area contributed by atoms with Crippen LogP contribution in [0.2, 0.25) is 10.0 Å². The molecule has 6 nitrogen and oxygen atoms in total. The Morgan fingerprint density at radius 1 is 1.22 bits per heavy atom. The average Bonchev–Trinajstić information content (AvgIpc) is 2.63. The molecule has 0 atom stereocenters. The van der Waals surface area contributed by atoms with E-state index < -0.39 is 0 Å². The van der Waals surface area contributed by atoms with Crippen molar-refractivity contribution in [2.24, 2.45) is 0 Å². The molecule has 1 aliphatic rings. The Hall–Kier alpha value is -2.31. The van der Waals surface area contributed by atoms with E-state index in [1.807, 2.05) is 6.92 Å². The molecule has 142 valence electrons. The smallest absolute Gasteiger partial charge is 0.266 e. The van der Waals surface area contributed by atoms with Gasteiger partial charge in [-0.2, -0.15) is 0 Å². The van der Waals surface area contributed by atoms with Crippen LogP contribution in [0.25, 0.3) is 11.1 Å². The quantitative estimate of drug-likeness (QED) is 0.740. The molecule has 1 aromatic heterocycles. The molecule has 0 aliphatic carbocycles. The lowest BCUT2D eigenvalue weighted by Gasteiger charge is -2.28. The second-order valence-corrected chi connectivity index (χ2v) is 7.05. The van der Waals surface area contributed by atoms with Crippen LogP contribution in [0.4, 0.5) is 5.82 Å². The number of benzene rings is 1. The van der Waals surface area contributed by atoms with Gasteiger partial charge in [-0.15, -0.1) is 0 Å². The fourth-order valence-corrected chi connectivity index (χ4v) is 3.25. The number of ether oxygens (including phenoxy) is 1. The predicted molar refractivity (Wildman–Crippen MR) is 105 cm³/mol. The van der Waals surface area contributed by atoms with E-state index in [1.54, 1.807) is 30.5 Å². The molecule has 1 N–H and O–H groups in total. The van der Waals surface area contributed by atoms with Crippen LogP contribution in [0, 0.1) is 0 Å². The zero-order chi connectivity index (χ0) is 19.4. The van der Waals surface area contributed by atoms with Crippen molar-refractivity contribution in [3.05, 3.63) is 40.5 Å². The Morgan fingerprint density at radius 3 is 2.67 bits per heavy atom. The molecule has 0 bridgehead atoms. The Bertz CT molecular complexity index is 853. The molecule has 27 heavy (non-hydrogen) atoms. The molecule has 0 saturated heterocycles. The summed E-state index contributed by atoms with van der Waals surface area (Å²) in [6.45, 7) is 2.40. The Labute approximate surface area is 167 Å². The maximum atomic E-state index is 12.2. The minimum absolute atomic E-state index is 0.0890. The van der Waals surface area contributed by atoms with E-state index >= 15 is 0 Å². The third-order valence-electron chi connectivity index (χ3n) is 4.09. The summed E-state index contributed by atoms with van der Waals surface area (Å²) < 4.78 is 5.52. The fraction of sp³-hybridized carbons (Fsp3) is 0.316. The maximum Gasteiger partial charge on any atom is 0.266 e. The van der Waals surface area contributed by atoms with E-state index in [-0.39, 0.29) is 25.0 Å². The minimum Gasteiger partial charge on any atom is -0.480 e. The number of hydrogen-bond donors (Lipinski definition) is 1. The molecule has 1 aromatic carbocycles. The number of nitrogens with zero attached hydrogens (tertiary/aromatic N) is 2. The van der Waals surface area contributed by atoms with Crippen molar-refractivity contribution in [1.82, 2.24) is 10.3 Å². The number of hydrogen-bond acceptors (Lipinski definition) is 4. The van der Waals surface area contributed by atoms with E-state index in [2.05, 4.69) is 10.3 Å². The number of amides is 2. The average molecular weight is 408 g/mol. The fourth-order valence-electron chi connectivity index (χ4n) is 2.73. The van der Waals surface area contributed by atoms with E-state index in [9.17, 15) is 9.59 Å². The summed E-state index contributed by atoms with van der Waals surface area (Å²) in [7, 11) is 0. The van der Waals surface area contributed by atoms with E-state index in [0.717, 1.165) is 24.0 Å². The van der Waals surface area contributed by atoms with Crippen molar-refractivity contribution in [2.45, 2.75) is 19.8 Å². The predicted octanol–water partition coefficient (Wildman–Crippen LogP) is 3.70. The van der Waals surface area contributed by atoms with E-state index in [0.29, 0.717) is 28.2 Å². The van der Waals surface area contributed by atoms with Crippen molar-refractivity contribution in [1.29, 1.82) is 0 Å². The van der Waals surface area contributed by atoms with Gasteiger partial charge >= 0.3 is 0 Å². The molecule has 2 aromatic rings. The highest BCUT2D eigenvalue weighted by molar-refractivity contribution is 6.35. The molecule has 2 heterocycles. The first-order valence-corrected chi connectivity index (χ1v) is 9.40. The van der Waals surface area contributed by atoms with Crippen molar-refractivity contribution in [2.75, 3.05) is 24.6 Å².